The van der Waals surface area contributed by atoms with Gasteiger partial charge in [-0.2, -0.15) is 0 Å². The molecule has 1 aromatic carbocycles. The normalized spacial score (nSPS) is 10.5. The molecular formula is C8H10O2S. The zero-order chi connectivity index (χ0) is 8.43. The molecule has 0 saturated carbocycles. The highest BCUT2D eigenvalue weighted by atomic mass is 32.2. The van der Waals surface area contributed by atoms with Gasteiger partial charge in [-0.05, 0) is 31.0 Å². The Morgan fingerprint density at radius 2 is 1.82 bits per heavy atom. The first kappa shape index (κ1) is 8.27. The Bertz CT molecular complexity index is 332. The van der Waals surface area contributed by atoms with E-state index in [4.69, 9.17) is 0 Å². The van der Waals surface area contributed by atoms with Crippen LogP contribution in [0.3, 0.4) is 0 Å². The summed E-state index contributed by atoms with van der Waals surface area (Å²) in [5.74, 6) is 0. The van der Waals surface area contributed by atoms with Crippen molar-refractivity contribution >= 4 is 10.7 Å². The van der Waals surface area contributed by atoms with E-state index in [0.29, 0.717) is 4.90 Å². The van der Waals surface area contributed by atoms with Gasteiger partial charge in [-0.25, -0.2) is 8.42 Å². The lowest BCUT2D eigenvalue weighted by Crippen LogP contribution is -1.86. The molecule has 0 aromatic heterocycles. The van der Waals surface area contributed by atoms with Crippen LogP contribution in [0, 0.1) is 13.8 Å². The van der Waals surface area contributed by atoms with Crippen LogP contribution in [0.2, 0.25) is 0 Å². The fourth-order valence-electron chi connectivity index (χ4n) is 0.916. The first-order valence-corrected chi connectivity index (χ1v) is 4.50. The summed E-state index contributed by atoms with van der Waals surface area (Å²) in [5.41, 5.74) is 1.79. The van der Waals surface area contributed by atoms with E-state index in [1.807, 2.05) is 19.1 Å². The van der Waals surface area contributed by atoms with Crippen LogP contribution in [0.5, 0.6) is 0 Å². The smallest absolute Gasteiger partial charge is 0.168 e. The molecule has 0 aliphatic rings. The van der Waals surface area contributed by atoms with Crippen LogP contribution in [-0.4, -0.2) is 8.42 Å². The molecule has 0 atom stereocenters. The summed E-state index contributed by atoms with van der Waals surface area (Å²) in [6.07, 6.45) is 0. The molecule has 2 nitrogen and oxygen atoms in total. The Hall–Kier alpha value is -0.830. The van der Waals surface area contributed by atoms with Gasteiger partial charge in [-0.15, -0.1) is 0 Å². The number of thiol groups is 1. The van der Waals surface area contributed by atoms with Crippen LogP contribution in [0.1, 0.15) is 11.1 Å². The molecule has 0 heterocycles. The second-order valence-electron chi connectivity index (χ2n) is 2.55. The molecule has 3 heteroatoms. The number of hydrogen-bond donors (Lipinski definition) is 1. The minimum atomic E-state index is -2.43. The third-order valence-electron chi connectivity index (χ3n) is 1.56. The molecule has 0 saturated heterocycles. The molecule has 11 heavy (non-hydrogen) atoms. The highest BCUT2D eigenvalue weighted by Gasteiger charge is 1.98. The van der Waals surface area contributed by atoms with Crippen LogP contribution >= 0.6 is 0 Å². The summed E-state index contributed by atoms with van der Waals surface area (Å²) in [4.78, 5) is 0.431. The third-order valence-corrected chi connectivity index (χ3v) is 2.44. The first-order valence-electron chi connectivity index (χ1n) is 3.33. The summed E-state index contributed by atoms with van der Waals surface area (Å²) in [7, 11) is -2.43. The molecule has 1 aromatic rings. The van der Waals surface area contributed by atoms with Crippen molar-refractivity contribution in [2.24, 2.45) is 0 Å². The lowest BCUT2D eigenvalue weighted by molar-refractivity contribution is 0.614. The van der Waals surface area contributed by atoms with E-state index in [-0.39, 0.29) is 0 Å². The Morgan fingerprint density at radius 1 is 1.18 bits per heavy atom. The quantitative estimate of drug-likeness (QED) is 0.644. The van der Waals surface area contributed by atoms with E-state index in [1.165, 1.54) is 0 Å². The van der Waals surface area contributed by atoms with E-state index >= 15 is 0 Å². The Balaban J connectivity index is 3.35. The second kappa shape index (κ2) is 3.05. The van der Waals surface area contributed by atoms with Gasteiger partial charge in [0.15, 0.2) is 10.7 Å². The molecule has 0 amide bonds. The molecule has 0 aliphatic carbocycles. The monoisotopic (exact) mass is 170 g/mol. The number of benzene rings is 1. The minimum Gasteiger partial charge on any atom is -0.227 e. The van der Waals surface area contributed by atoms with Gasteiger partial charge >= 0.3 is 0 Å². The van der Waals surface area contributed by atoms with Crippen molar-refractivity contribution < 1.29 is 8.42 Å². The predicted octanol–water partition coefficient (Wildman–Crippen LogP) is 1.27. The van der Waals surface area contributed by atoms with Crippen LogP contribution in [0.4, 0.5) is 0 Å². The maximum Gasteiger partial charge on any atom is 0.168 e. The van der Waals surface area contributed by atoms with E-state index < -0.39 is 10.7 Å². The average Bonchev–Trinajstić information content (AvgIpc) is 1.94. The summed E-state index contributed by atoms with van der Waals surface area (Å²) < 4.78 is 21.2. The summed E-state index contributed by atoms with van der Waals surface area (Å²) in [5, 5.41) is 0. The molecule has 0 radical (unpaired) electrons. The van der Waals surface area contributed by atoms with Crippen molar-refractivity contribution in [3.63, 3.8) is 0 Å². The summed E-state index contributed by atoms with van der Waals surface area (Å²) in [6, 6.07) is 5.40. The predicted molar refractivity (Wildman–Crippen MR) is 44.5 cm³/mol. The topological polar surface area (TPSA) is 34.1 Å². The van der Waals surface area contributed by atoms with Crippen molar-refractivity contribution in [2.75, 3.05) is 0 Å². The molecule has 0 spiro atoms. The van der Waals surface area contributed by atoms with Gasteiger partial charge < -0.3 is 0 Å². The molecule has 0 bridgehead atoms. The largest absolute Gasteiger partial charge is 0.227 e. The Labute approximate surface area is 67.8 Å². The standard InChI is InChI=1S/C8H10O2S/c1-6-3-4-7(2)8(5-6)11(9)10/h3-5,11H,1-2H3. The first-order chi connectivity index (χ1) is 5.11. The van der Waals surface area contributed by atoms with Crippen LogP contribution in [0.25, 0.3) is 0 Å². The molecule has 0 N–H and O–H groups in total. The number of aryl methyl sites for hydroxylation is 2. The highest BCUT2D eigenvalue weighted by molar-refractivity contribution is 7.72. The zero-order valence-corrected chi connectivity index (χ0v) is 7.39. The Kier molecular flexibility index (Phi) is 2.29. The fraction of sp³-hybridized carbons (Fsp3) is 0.250. The highest BCUT2D eigenvalue weighted by Crippen LogP contribution is 2.11. The number of rotatable bonds is 1. The lowest BCUT2D eigenvalue weighted by atomic mass is 10.2. The molecule has 0 fully saturated rings. The van der Waals surface area contributed by atoms with Gasteiger partial charge in [0, 0.05) is 0 Å². The average molecular weight is 170 g/mol. The van der Waals surface area contributed by atoms with Gasteiger partial charge in [-0.1, -0.05) is 12.1 Å². The van der Waals surface area contributed by atoms with Gasteiger partial charge in [0.25, 0.3) is 0 Å². The van der Waals surface area contributed by atoms with E-state index in [1.54, 1.807) is 13.0 Å². The zero-order valence-electron chi connectivity index (χ0n) is 6.50. The lowest BCUT2D eigenvalue weighted by Gasteiger charge is -1.97. The van der Waals surface area contributed by atoms with Crippen molar-refractivity contribution in [1.29, 1.82) is 0 Å². The fourth-order valence-corrected chi connectivity index (χ4v) is 1.59. The van der Waals surface area contributed by atoms with Crippen LogP contribution in [-0.2, 0) is 10.7 Å². The van der Waals surface area contributed by atoms with Crippen molar-refractivity contribution in [3.05, 3.63) is 29.3 Å². The summed E-state index contributed by atoms with van der Waals surface area (Å²) >= 11 is 0. The van der Waals surface area contributed by atoms with Crippen molar-refractivity contribution in [3.8, 4) is 0 Å². The number of hydrogen-bond acceptors (Lipinski definition) is 2. The molecular weight excluding hydrogens is 160 g/mol. The maximum absolute atomic E-state index is 10.6. The van der Waals surface area contributed by atoms with E-state index in [9.17, 15) is 8.42 Å². The van der Waals surface area contributed by atoms with Crippen molar-refractivity contribution in [2.45, 2.75) is 18.7 Å². The van der Waals surface area contributed by atoms with Crippen LogP contribution < -0.4 is 0 Å². The third kappa shape index (κ3) is 1.80. The molecule has 1 rings (SSSR count). The molecule has 60 valence electrons. The molecule has 0 unspecified atom stereocenters. The Morgan fingerprint density at radius 3 is 2.27 bits per heavy atom. The van der Waals surface area contributed by atoms with E-state index in [2.05, 4.69) is 0 Å². The van der Waals surface area contributed by atoms with Crippen molar-refractivity contribution in [1.82, 2.24) is 0 Å². The minimum absolute atomic E-state index is 0.431. The SMILES string of the molecule is Cc1ccc(C)c([SH](=O)=O)c1. The van der Waals surface area contributed by atoms with Gasteiger partial charge in [0.2, 0.25) is 0 Å². The van der Waals surface area contributed by atoms with E-state index in [0.717, 1.165) is 11.1 Å². The maximum atomic E-state index is 10.6. The van der Waals surface area contributed by atoms with Gasteiger partial charge in [0.05, 0.1) is 4.90 Å². The summed E-state index contributed by atoms with van der Waals surface area (Å²) in [6.45, 7) is 3.67. The van der Waals surface area contributed by atoms with Crippen LogP contribution in [0.15, 0.2) is 23.1 Å². The second-order valence-corrected chi connectivity index (χ2v) is 3.54. The van der Waals surface area contributed by atoms with Gasteiger partial charge in [-0.3, -0.25) is 0 Å². The van der Waals surface area contributed by atoms with Gasteiger partial charge in [0.1, 0.15) is 0 Å². The molecule has 0 aliphatic heterocycles.